The average molecular weight is 410 g/mol. The van der Waals surface area contributed by atoms with Gasteiger partial charge in [-0.3, -0.25) is 9.59 Å². The number of carbonyl (C=O) groups is 2. The first-order chi connectivity index (χ1) is 14.1. The first kappa shape index (κ1) is 19.3. The summed E-state index contributed by atoms with van der Waals surface area (Å²) in [6, 6.07) is 13.3. The van der Waals surface area contributed by atoms with Crippen LogP contribution in [0, 0.1) is 6.92 Å². The van der Waals surface area contributed by atoms with Crippen LogP contribution in [0.5, 0.6) is 0 Å². The fourth-order valence-electron chi connectivity index (χ4n) is 3.53. The quantitative estimate of drug-likeness (QED) is 0.632. The molecule has 7 heteroatoms. The van der Waals surface area contributed by atoms with E-state index in [1.54, 1.807) is 18.2 Å². The summed E-state index contributed by atoms with van der Waals surface area (Å²) in [6.07, 6.45) is 3.87. The van der Waals surface area contributed by atoms with Crippen molar-refractivity contribution < 1.29 is 14.0 Å². The van der Waals surface area contributed by atoms with Crippen LogP contribution in [0.2, 0.25) is 0 Å². The number of hydrogen-bond donors (Lipinski definition) is 2. The Labute approximate surface area is 173 Å². The number of para-hydroxylation sites is 1. The van der Waals surface area contributed by atoms with Crippen molar-refractivity contribution in [2.45, 2.75) is 26.3 Å². The number of rotatable bonds is 6. The maximum Gasteiger partial charge on any atom is 0.291 e. The van der Waals surface area contributed by atoms with E-state index < -0.39 is 0 Å². The monoisotopic (exact) mass is 409 g/mol. The number of benzene rings is 1. The summed E-state index contributed by atoms with van der Waals surface area (Å²) in [5.41, 5.74) is 3.14. The van der Waals surface area contributed by atoms with Crippen LogP contribution in [0.15, 0.2) is 53.1 Å². The van der Waals surface area contributed by atoms with E-state index in [2.05, 4.69) is 27.7 Å². The molecule has 2 aromatic heterocycles. The van der Waals surface area contributed by atoms with Gasteiger partial charge in [-0.25, -0.2) is 0 Å². The van der Waals surface area contributed by atoms with Crippen molar-refractivity contribution in [2.75, 3.05) is 23.3 Å². The Morgan fingerprint density at radius 1 is 1.10 bits per heavy atom. The fourth-order valence-corrected chi connectivity index (χ4v) is 4.52. The summed E-state index contributed by atoms with van der Waals surface area (Å²) in [6.45, 7) is 4.46. The summed E-state index contributed by atoms with van der Waals surface area (Å²) >= 11 is 1.26. The van der Waals surface area contributed by atoms with Crippen LogP contribution in [0.4, 0.5) is 10.7 Å². The van der Waals surface area contributed by atoms with E-state index >= 15 is 0 Å². The zero-order valence-corrected chi connectivity index (χ0v) is 17.1. The number of aryl methyl sites for hydroxylation is 1. The molecule has 0 bridgehead atoms. The molecule has 0 radical (unpaired) electrons. The summed E-state index contributed by atoms with van der Waals surface area (Å²) in [5, 5.41) is 6.42. The minimum Gasteiger partial charge on any atom is -0.459 e. The van der Waals surface area contributed by atoms with Gasteiger partial charge in [0.2, 0.25) is 0 Å². The van der Waals surface area contributed by atoms with Crippen LogP contribution in [0.25, 0.3) is 0 Å². The first-order valence-electron chi connectivity index (χ1n) is 9.68. The van der Waals surface area contributed by atoms with Gasteiger partial charge in [-0.1, -0.05) is 18.2 Å². The Kier molecular flexibility index (Phi) is 5.67. The van der Waals surface area contributed by atoms with Gasteiger partial charge in [-0.2, -0.15) is 0 Å². The fraction of sp³-hybridized carbons (Fsp3) is 0.273. The predicted octanol–water partition coefficient (Wildman–Crippen LogP) is 4.43. The van der Waals surface area contributed by atoms with Crippen LogP contribution >= 0.6 is 11.3 Å². The molecule has 1 aliphatic rings. The van der Waals surface area contributed by atoms with E-state index in [1.165, 1.54) is 36.1 Å². The van der Waals surface area contributed by atoms with Crippen molar-refractivity contribution in [1.82, 2.24) is 5.32 Å². The largest absolute Gasteiger partial charge is 0.459 e. The zero-order chi connectivity index (χ0) is 20.2. The SMILES string of the molecule is Cc1cc(NC(=O)c2ccco2)sc1C(=O)NCc1ccccc1N1CCCC1. The number of nitrogens with one attached hydrogen (secondary N) is 2. The van der Waals surface area contributed by atoms with Crippen molar-refractivity contribution in [2.24, 2.45) is 0 Å². The number of thiophene rings is 1. The Balaban J connectivity index is 1.42. The van der Waals surface area contributed by atoms with Gasteiger partial charge in [0.25, 0.3) is 11.8 Å². The Hall–Kier alpha value is -3.06. The molecule has 29 heavy (non-hydrogen) atoms. The summed E-state index contributed by atoms with van der Waals surface area (Å²) in [5.74, 6) is -0.231. The molecule has 3 heterocycles. The van der Waals surface area contributed by atoms with Crippen molar-refractivity contribution in [3.8, 4) is 0 Å². The molecule has 3 aromatic rings. The van der Waals surface area contributed by atoms with E-state index in [4.69, 9.17) is 4.42 Å². The Morgan fingerprint density at radius 3 is 2.66 bits per heavy atom. The lowest BCUT2D eigenvalue weighted by Gasteiger charge is -2.21. The molecule has 1 aliphatic heterocycles. The smallest absolute Gasteiger partial charge is 0.291 e. The molecule has 1 fully saturated rings. The van der Waals surface area contributed by atoms with Gasteiger partial charge in [0.1, 0.15) is 0 Å². The van der Waals surface area contributed by atoms with Gasteiger partial charge in [0.15, 0.2) is 5.76 Å². The maximum atomic E-state index is 12.8. The van der Waals surface area contributed by atoms with Crippen LogP contribution in [-0.2, 0) is 6.54 Å². The topological polar surface area (TPSA) is 74.6 Å². The number of hydrogen-bond acceptors (Lipinski definition) is 5. The maximum absolute atomic E-state index is 12.8. The van der Waals surface area contributed by atoms with Crippen LogP contribution in [0.1, 0.15) is 44.2 Å². The van der Waals surface area contributed by atoms with E-state index in [-0.39, 0.29) is 17.6 Å². The van der Waals surface area contributed by atoms with E-state index in [0.717, 1.165) is 24.2 Å². The third-order valence-corrected chi connectivity index (χ3v) is 6.13. The second kappa shape index (κ2) is 8.53. The summed E-state index contributed by atoms with van der Waals surface area (Å²) in [4.78, 5) is 27.9. The molecule has 1 saturated heterocycles. The first-order valence-corrected chi connectivity index (χ1v) is 10.5. The third-order valence-electron chi connectivity index (χ3n) is 4.98. The van der Waals surface area contributed by atoms with Crippen molar-refractivity contribution in [1.29, 1.82) is 0 Å². The highest BCUT2D eigenvalue weighted by Gasteiger charge is 2.18. The van der Waals surface area contributed by atoms with Crippen molar-refractivity contribution in [3.63, 3.8) is 0 Å². The molecule has 4 rings (SSSR count). The second-order valence-electron chi connectivity index (χ2n) is 7.06. The molecule has 0 atom stereocenters. The number of nitrogens with zero attached hydrogens (tertiary/aromatic N) is 1. The van der Waals surface area contributed by atoms with Gasteiger partial charge >= 0.3 is 0 Å². The zero-order valence-electron chi connectivity index (χ0n) is 16.2. The van der Waals surface area contributed by atoms with Crippen molar-refractivity contribution >= 4 is 33.8 Å². The molecule has 0 aliphatic carbocycles. The lowest BCUT2D eigenvalue weighted by atomic mass is 10.1. The van der Waals surface area contributed by atoms with Gasteiger partial charge in [0.05, 0.1) is 16.1 Å². The summed E-state index contributed by atoms with van der Waals surface area (Å²) in [7, 11) is 0. The third kappa shape index (κ3) is 4.35. The molecule has 2 amide bonds. The number of furan rings is 1. The highest BCUT2D eigenvalue weighted by atomic mass is 32.1. The average Bonchev–Trinajstić information content (AvgIpc) is 3.48. The van der Waals surface area contributed by atoms with Gasteiger partial charge in [-0.05, 0) is 55.2 Å². The molecule has 150 valence electrons. The molecule has 0 spiro atoms. The van der Waals surface area contributed by atoms with E-state index in [1.807, 2.05) is 19.1 Å². The number of amides is 2. The van der Waals surface area contributed by atoms with Crippen LogP contribution < -0.4 is 15.5 Å². The Morgan fingerprint density at radius 2 is 1.90 bits per heavy atom. The lowest BCUT2D eigenvalue weighted by molar-refractivity contribution is 0.0953. The van der Waals surface area contributed by atoms with Crippen LogP contribution in [0.3, 0.4) is 0 Å². The van der Waals surface area contributed by atoms with E-state index in [9.17, 15) is 9.59 Å². The van der Waals surface area contributed by atoms with E-state index in [0.29, 0.717) is 16.4 Å². The highest BCUT2D eigenvalue weighted by Crippen LogP contribution is 2.28. The molecule has 1 aromatic carbocycles. The van der Waals surface area contributed by atoms with Crippen molar-refractivity contribution in [3.05, 3.63) is 70.5 Å². The van der Waals surface area contributed by atoms with Crippen LogP contribution in [-0.4, -0.2) is 24.9 Å². The standard InChI is InChI=1S/C22H23N3O3S/c1-15-13-19(24-21(26)18-9-6-12-28-18)29-20(15)22(27)23-14-16-7-2-3-8-17(16)25-10-4-5-11-25/h2-3,6-9,12-13H,4-5,10-11,14H2,1H3,(H,23,27)(H,24,26). The summed E-state index contributed by atoms with van der Waals surface area (Å²) < 4.78 is 5.10. The Bertz CT molecular complexity index is 1000. The molecule has 0 saturated carbocycles. The minimum atomic E-state index is -0.331. The molecular weight excluding hydrogens is 386 g/mol. The van der Waals surface area contributed by atoms with Gasteiger partial charge in [-0.15, -0.1) is 11.3 Å². The van der Waals surface area contributed by atoms with Gasteiger partial charge < -0.3 is 20.0 Å². The van der Waals surface area contributed by atoms with Gasteiger partial charge in [0, 0.05) is 25.3 Å². The molecule has 0 unspecified atom stereocenters. The normalized spacial score (nSPS) is 13.5. The number of anilines is 2. The minimum absolute atomic E-state index is 0.137. The highest BCUT2D eigenvalue weighted by molar-refractivity contribution is 7.18. The lowest BCUT2D eigenvalue weighted by Crippen LogP contribution is -2.25. The molecule has 6 nitrogen and oxygen atoms in total. The second-order valence-corrected chi connectivity index (χ2v) is 8.11. The number of carbonyl (C=O) groups excluding carboxylic acids is 2. The predicted molar refractivity (Wildman–Crippen MR) is 115 cm³/mol. The molecule has 2 N–H and O–H groups in total. The molecular formula is C22H23N3O3S.